The largest absolute Gasteiger partial charge is 0.506 e. The molecule has 0 saturated heterocycles. The van der Waals surface area contributed by atoms with E-state index in [1.807, 2.05) is 30.3 Å². The van der Waals surface area contributed by atoms with Crippen molar-refractivity contribution in [3.8, 4) is 5.75 Å². The zero-order valence-electron chi connectivity index (χ0n) is 9.46. The fraction of sp³-hybridized carbons (Fsp3) is 0. The minimum atomic E-state index is 0.101. The Bertz CT molecular complexity index is 706. The Kier molecular flexibility index (Phi) is 2.64. The number of benzene rings is 2. The van der Waals surface area contributed by atoms with E-state index in [4.69, 9.17) is 10.2 Å². The van der Waals surface area contributed by atoms with Crippen LogP contribution in [0.1, 0.15) is 0 Å². The van der Waals surface area contributed by atoms with Crippen molar-refractivity contribution in [3.63, 3.8) is 0 Å². The zero-order valence-corrected chi connectivity index (χ0v) is 10.3. The SMILES string of the molecule is Nc1cc(Sc2occ3ccccc23)ccc1O. The van der Waals surface area contributed by atoms with Crippen molar-refractivity contribution in [1.29, 1.82) is 0 Å². The molecule has 0 fully saturated rings. The Hall–Kier alpha value is -2.07. The van der Waals surface area contributed by atoms with E-state index in [1.165, 1.54) is 11.8 Å². The summed E-state index contributed by atoms with van der Waals surface area (Å²) in [7, 11) is 0. The van der Waals surface area contributed by atoms with Crippen molar-refractivity contribution in [1.82, 2.24) is 0 Å². The van der Waals surface area contributed by atoms with Crippen LogP contribution >= 0.6 is 11.8 Å². The summed E-state index contributed by atoms with van der Waals surface area (Å²) in [5.74, 6) is 0.101. The fourth-order valence-corrected chi connectivity index (χ4v) is 2.68. The van der Waals surface area contributed by atoms with Crippen LogP contribution in [0.25, 0.3) is 10.8 Å². The third kappa shape index (κ3) is 1.91. The van der Waals surface area contributed by atoms with Gasteiger partial charge in [-0.25, -0.2) is 0 Å². The number of rotatable bonds is 2. The Labute approximate surface area is 108 Å². The first kappa shape index (κ1) is 11.0. The summed E-state index contributed by atoms with van der Waals surface area (Å²) in [5.41, 5.74) is 6.04. The van der Waals surface area contributed by atoms with Gasteiger partial charge >= 0.3 is 0 Å². The maximum atomic E-state index is 9.38. The van der Waals surface area contributed by atoms with Gasteiger partial charge < -0.3 is 15.3 Å². The molecule has 0 saturated carbocycles. The van der Waals surface area contributed by atoms with E-state index in [0.29, 0.717) is 5.69 Å². The standard InChI is InChI=1S/C14H11NO2S/c15-12-7-10(5-6-13(12)16)18-14-11-4-2-1-3-9(11)8-17-14/h1-8,16H,15H2. The highest BCUT2D eigenvalue weighted by Crippen LogP contribution is 2.36. The molecule has 4 heteroatoms. The lowest BCUT2D eigenvalue weighted by atomic mass is 10.2. The predicted octanol–water partition coefficient (Wildman–Crippen LogP) is 3.87. The molecule has 0 bridgehead atoms. The van der Waals surface area contributed by atoms with Crippen LogP contribution in [-0.2, 0) is 0 Å². The van der Waals surface area contributed by atoms with Gasteiger partial charge in [0, 0.05) is 15.7 Å². The molecule has 90 valence electrons. The van der Waals surface area contributed by atoms with E-state index in [1.54, 1.807) is 18.4 Å². The molecule has 0 aliphatic rings. The highest BCUT2D eigenvalue weighted by atomic mass is 32.2. The lowest BCUT2D eigenvalue weighted by molar-refractivity contribution is 0.477. The fourth-order valence-electron chi connectivity index (χ4n) is 1.75. The molecule has 3 nitrogen and oxygen atoms in total. The van der Waals surface area contributed by atoms with Crippen molar-refractivity contribution in [2.75, 3.05) is 5.73 Å². The molecule has 0 atom stereocenters. The van der Waals surface area contributed by atoms with E-state index in [-0.39, 0.29) is 5.75 Å². The minimum Gasteiger partial charge on any atom is -0.506 e. The highest BCUT2D eigenvalue weighted by Gasteiger charge is 2.08. The van der Waals surface area contributed by atoms with Crippen molar-refractivity contribution < 1.29 is 9.52 Å². The Morgan fingerprint density at radius 2 is 1.94 bits per heavy atom. The van der Waals surface area contributed by atoms with Crippen LogP contribution in [0.4, 0.5) is 5.69 Å². The summed E-state index contributed by atoms with van der Waals surface area (Å²) in [6.45, 7) is 0. The second-order valence-corrected chi connectivity index (χ2v) is 4.98. The summed E-state index contributed by atoms with van der Waals surface area (Å²) in [6, 6.07) is 13.1. The number of hydrogen-bond donors (Lipinski definition) is 2. The molecule has 0 radical (unpaired) electrons. The summed E-state index contributed by atoms with van der Waals surface area (Å²) >= 11 is 1.49. The lowest BCUT2D eigenvalue weighted by Gasteiger charge is -2.02. The second-order valence-electron chi connectivity index (χ2n) is 3.93. The Morgan fingerprint density at radius 3 is 2.78 bits per heavy atom. The quantitative estimate of drug-likeness (QED) is 0.540. The van der Waals surface area contributed by atoms with E-state index in [9.17, 15) is 5.11 Å². The molecule has 2 aromatic carbocycles. The Morgan fingerprint density at radius 1 is 1.11 bits per heavy atom. The maximum Gasteiger partial charge on any atom is 0.172 e. The number of aromatic hydroxyl groups is 1. The number of fused-ring (bicyclic) bond motifs is 1. The molecule has 18 heavy (non-hydrogen) atoms. The first-order valence-corrected chi connectivity index (χ1v) is 6.28. The summed E-state index contributed by atoms with van der Waals surface area (Å²) in [4.78, 5) is 0.936. The van der Waals surface area contributed by atoms with Crippen LogP contribution in [0.5, 0.6) is 5.75 Å². The van der Waals surface area contributed by atoms with Crippen LogP contribution in [0.15, 0.2) is 63.1 Å². The van der Waals surface area contributed by atoms with Crippen molar-refractivity contribution in [3.05, 3.63) is 48.7 Å². The summed E-state index contributed by atoms with van der Waals surface area (Å²) in [5, 5.41) is 12.4. The smallest absolute Gasteiger partial charge is 0.172 e. The molecule has 1 aromatic heterocycles. The predicted molar refractivity (Wildman–Crippen MR) is 72.9 cm³/mol. The van der Waals surface area contributed by atoms with E-state index in [2.05, 4.69) is 0 Å². The first-order chi connectivity index (χ1) is 8.74. The van der Waals surface area contributed by atoms with Gasteiger partial charge in [0.2, 0.25) is 0 Å². The van der Waals surface area contributed by atoms with Crippen LogP contribution in [0, 0.1) is 0 Å². The number of nitrogen functional groups attached to an aromatic ring is 1. The molecule has 0 aliphatic heterocycles. The molecule has 0 aliphatic carbocycles. The van der Waals surface area contributed by atoms with Gasteiger partial charge in [0.15, 0.2) is 5.09 Å². The topological polar surface area (TPSA) is 59.4 Å². The normalized spacial score (nSPS) is 10.9. The van der Waals surface area contributed by atoms with Crippen LogP contribution < -0.4 is 5.73 Å². The molecular weight excluding hydrogens is 246 g/mol. The van der Waals surface area contributed by atoms with E-state index >= 15 is 0 Å². The average molecular weight is 257 g/mol. The van der Waals surface area contributed by atoms with Crippen LogP contribution in [0.3, 0.4) is 0 Å². The van der Waals surface area contributed by atoms with Gasteiger partial charge in [0.1, 0.15) is 5.75 Å². The number of phenolic OH excluding ortho intramolecular Hbond substituents is 1. The molecule has 0 amide bonds. The van der Waals surface area contributed by atoms with Gasteiger partial charge in [0.25, 0.3) is 0 Å². The van der Waals surface area contributed by atoms with Crippen LogP contribution in [-0.4, -0.2) is 5.11 Å². The molecule has 3 N–H and O–H groups in total. The van der Waals surface area contributed by atoms with E-state index < -0.39 is 0 Å². The molecule has 0 spiro atoms. The average Bonchev–Trinajstić information content (AvgIpc) is 2.78. The van der Waals surface area contributed by atoms with Gasteiger partial charge in [-0.1, -0.05) is 30.0 Å². The summed E-state index contributed by atoms with van der Waals surface area (Å²) < 4.78 is 5.55. The minimum absolute atomic E-state index is 0.101. The van der Waals surface area contributed by atoms with Gasteiger partial charge in [-0.3, -0.25) is 0 Å². The Balaban J connectivity index is 1.98. The highest BCUT2D eigenvalue weighted by molar-refractivity contribution is 7.99. The number of furan rings is 1. The zero-order chi connectivity index (χ0) is 12.5. The molecule has 1 heterocycles. The first-order valence-electron chi connectivity index (χ1n) is 5.46. The maximum absolute atomic E-state index is 9.38. The molecule has 0 unspecified atom stereocenters. The lowest BCUT2D eigenvalue weighted by Crippen LogP contribution is -1.85. The molecular formula is C14H11NO2S. The number of phenols is 1. The van der Waals surface area contributed by atoms with E-state index in [0.717, 1.165) is 20.8 Å². The van der Waals surface area contributed by atoms with Crippen LogP contribution in [0.2, 0.25) is 0 Å². The number of anilines is 1. The third-order valence-corrected chi connectivity index (χ3v) is 3.67. The molecule has 3 aromatic rings. The van der Waals surface area contributed by atoms with Crippen molar-refractivity contribution in [2.24, 2.45) is 0 Å². The molecule has 3 rings (SSSR count). The van der Waals surface area contributed by atoms with Crippen molar-refractivity contribution in [2.45, 2.75) is 9.99 Å². The number of hydrogen-bond acceptors (Lipinski definition) is 4. The van der Waals surface area contributed by atoms with Gasteiger partial charge in [-0.05, 0) is 24.3 Å². The summed E-state index contributed by atoms with van der Waals surface area (Å²) in [6.07, 6.45) is 1.74. The second kappa shape index (κ2) is 4.31. The van der Waals surface area contributed by atoms with Gasteiger partial charge in [-0.15, -0.1) is 0 Å². The third-order valence-electron chi connectivity index (χ3n) is 2.68. The van der Waals surface area contributed by atoms with Crippen molar-refractivity contribution >= 4 is 28.2 Å². The number of nitrogens with two attached hydrogens (primary N) is 1. The van der Waals surface area contributed by atoms with Gasteiger partial charge in [-0.2, -0.15) is 0 Å². The van der Waals surface area contributed by atoms with Gasteiger partial charge in [0.05, 0.1) is 12.0 Å². The monoisotopic (exact) mass is 257 g/mol.